The van der Waals surface area contributed by atoms with E-state index in [1.54, 1.807) is 0 Å². The predicted octanol–water partition coefficient (Wildman–Crippen LogP) is 2.77. The minimum atomic E-state index is -0.438. The fourth-order valence-corrected chi connectivity index (χ4v) is 4.71. The Morgan fingerprint density at radius 1 is 1.00 bits per heavy atom. The van der Waals surface area contributed by atoms with Crippen molar-refractivity contribution >= 4 is 23.3 Å². The van der Waals surface area contributed by atoms with Crippen molar-refractivity contribution in [3.8, 4) is 0 Å². The Labute approximate surface area is 175 Å². The molecule has 0 spiro atoms. The predicted molar refractivity (Wildman–Crippen MR) is 114 cm³/mol. The lowest BCUT2D eigenvalue weighted by Gasteiger charge is -2.43. The van der Waals surface area contributed by atoms with Crippen LogP contribution < -0.4 is 4.90 Å². The largest absolute Gasteiger partial charge is 0.429 e. The van der Waals surface area contributed by atoms with Gasteiger partial charge in [0.15, 0.2) is 0 Å². The highest BCUT2D eigenvalue weighted by molar-refractivity contribution is 6.18. The van der Waals surface area contributed by atoms with Gasteiger partial charge in [0.05, 0.1) is 23.5 Å². The number of amides is 1. The van der Waals surface area contributed by atoms with Crippen molar-refractivity contribution < 1.29 is 14.3 Å². The van der Waals surface area contributed by atoms with Crippen LogP contribution in [-0.4, -0.2) is 54.2 Å². The number of hydrogen-bond donors (Lipinski definition) is 0. The fraction of sp³-hybridized carbons (Fsp3) is 0.292. The molecule has 2 aromatic rings. The van der Waals surface area contributed by atoms with E-state index in [0.29, 0.717) is 18.0 Å². The Hall–Kier alpha value is -3.25. The normalized spacial score (nSPS) is 24.5. The highest BCUT2D eigenvalue weighted by atomic mass is 16.5. The summed E-state index contributed by atoms with van der Waals surface area (Å²) in [5.41, 5.74) is 3.21. The number of cyclic esters (lactones) is 1. The smallest absolute Gasteiger partial charge is 0.332 e. The molecule has 0 N–H and O–H groups in total. The molecule has 1 amide bonds. The molecule has 2 aromatic carbocycles. The zero-order valence-corrected chi connectivity index (χ0v) is 16.7. The van der Waals surface area contributed by atoms with Gasteiger partial charge in [-0.15, -0.1) is 0 Å². The monoisotopic (exact) mass is 401 g/mol. The van der Waals surface area contributed by atoms with Crippen molar-refractivity contribution in [2.75, 3.05) is 24.5 Å². The maximum Gasteiger partial charge on any atom is 0.332 e. The van der Waals surface area contributed by atoms with Crippen LogP contribution >= 0.6 is 0 Å². The summed E-state index contributed by atoms with van der Waals surface area (Å²) in [6.07, 6.45) is 1.75. The molecule has 152 valence electrons. The molecule has 0 saturated carbocycles. The molecule has 6 heteroatoms. The van der Waals surface area contributed by atoms with Gasteiger partial charge >= 0.3 is 5.97 Å². The van der Waals surface area contributed by atoms with Gasteiger partial charge in [0.1, 0.15) is 12.3 Å². The van der Waals surface area contributed by atoms with E-state index >= 15 is 0 Å². The Morgan fingerprint density at radius 2 is 1.77 bits per heavy atom. The number of nitrogens with zero attached hydrogens (tertiary/aromatic N) is 3. The molecule has 2 saturated heterocycles. The first-order valence-electron chi connectivity index (χ1n) is 10.3. The van der Waals surface area contributed by atoms with Crippen LogP contribution in [0.2, 0.25) is 0 Å². The minimum absolute atomic E-state index is 0.0852. The van der Waals surface area contributed by atoms with Crippen molar-refractivity contribution in [1.82, 2.24) is 4.90 Å². The standard InChI is InChI=1S/C24H23N3O3/c1-16-21-15-27(24(29)20-12-7-13-26(20)21)19-11-6-5-10-18(19)23(25-14-22(28)30-16)17-8-3-2-4-9-17/h2-6,8-11,20-21H,1,7,12-15H2/t20-,21-/m1/s1. The summed E-state index contributed by atoms with van der Waals surface area (Å²) in [6.45, 7) is 5.14. The maximum atomic E-state index is 13.5. The van der Waals surface area contributed by atoms with Gasteiger partial charge in [-0.25, -0.2) is 4.79 Å². The first-order chi connectivity index (χ1) is 14.6. The number of para-hydroxylation sites is 1. The first kappa shape index (κ1) is 18.8. The highest BCUT2D eigenvalue weighted by Gasteiger charge is 2.46. The second kappa shape index (κ2) is 7.54. The van der Waals surface area contributed by atoms with E-state index in [-0.39, 0.29) is 24.5 Å². The number of anilines is 1. The topological polar surface area (TPSA) is 62.2 Å². The van der Waals surface area contributed by atoms with Gasteiger partial charge < -0.3 is 9.64 Å². The minimum Gasteiger partial charge on any atom is -0.429 e. The summed E-state index contributed by atoms with van der Waals surface area (Å²) in [5, 5.41) is 0. The molecular weight excluding hydrogens is 378 g/mol. The molecule has 6 nitrogen and oxygen atoms in total. The molecule has 2 fully saturated rings. The van der Waals surface area contributed by atoms with Crippen molar-refractivity contribution in [2.24, 2.45) is 4.99 Å². The number of piperazine rings is 1. The number of fused-ring (bicyclic) bond motifs is 6. The lowest BCUT2D eigenvalue weighted by molar-refractivity contribution is -0.139. The molecule has 0 unspecified atom stereocenters. The summed E-state index contributed by atoms with van der Waals surface area (Å²) >= 11 is 0. The molecule has 5 rings (SSSR count). The Morgan fingerprint density at radius 3 is 2.60 bits per heavy atom. The van der Waals surface area contributed by atoms with Crippen LogP contribution in [0.3, 0.4) is 0 Å². The summed E-state index contributed by atoms with van der Waals surface area (Å²) in [4.78, 5) is 34.6. The van der Waals surface area contributed by atoms with Gasteiger partial charge in [-0.3, -0.25) is 14.7 Å². The first-order valence-corrected chi connectivity index (χ1v) is 10.3. The molecule has 2 bridgehead atoms. The number of rotatable bonds is 1. The van der Waals surface area contributed by atoms with Crippen LogP contribution in [0.1, 0.15) is 24.0 Å². The Balaban J connectivity index is 1.69. The second-order valence-corrected chi connectivity index (χ2v) is 7.85. The lowest BCUT2D eigenvalue weighted by Crippen LogP contribution is -2.60. The summed E-state index contributed by atoms with van der Waals surface area (Å²) in [6, 6.07) is 17.1. The van der Waals surface area contributed by atoms with E-state index in [9.17, 15) is 9.59 Å². The molecule has 2 atom stereocenters. The van der Waals surface area contributed by atoms with Crippen LogP contribution in [0.25, 0.3) is 0 Å². The summed E-state index contributed by atoms with van der Waals surface area (Å²) in [7, 11) is 0. The number of ether oxygens (including phenoxy) is 1. The van der Waals surface area contributed by atoms with E-state index < -0.39 is 5.97 Å². The third-order valence-electron chi connectivity index (χ3n) is 6.08. The molecule has 0 aliphatic carbocycles. The van der Waals surface area contributed by atoms with E-state index in [2.05, 4.69) is 16.5 Å². The number of esters is 1. The van der Waals surface area contributed by atoms with Gasteiger partial charge in [0.2, 0.25) is 5.91 Å². The number of hydrogen-bond acceptors (Lipinski definition) is 5. The van der Waals surface area contributed by atoms with E-state index in [1.165, 1.54) is 0 Å². The van der Waals surface area contributed by atoms with Crippen LogP contribution in [0.5, 0.6) is 0 Å². The molecular formula is C24H23N3O3. The van der Waals surface area contributed by atoms with Crippen molar-refractivity contribution in [3.63, 3.8) is 0 Å². The Kier molecular flexibility index (Phi) is 4.71. The number of carbonyl (C=O) groups excluding carboxylic acids is 2. The fourth-order valence-electron chi connectivity index (χ4n) is 4.71. The average molecular weight is 401 g/mol. The van der Waals surface area contributed by atoms with E-state index in [4.69, 9.17) is 4.74 Å². The van der Waals surface area contributed by atoms with Crippen LogP contribution in [0.4, 0.5) is 5.69 Å². The van der Waals surface area contributed by atoms with E-state index in [1.807, 2.05) is 59.5 Å². The molecule has 30 heavy (non-hydrogen) atoms. The van der Waals surface area contributed by atoms with Crippen LogP contribution in [0.15, 0.2) is 71.9 Å². The molecule has 3 aliphatic heterocycles. The van der Waals surface area contributed by atoms with Gasteiger partial charge in [-0.1, -0.05) is 55.1 Å². The summed E-state index contributed by atoms with van der Waals surface area (Å²) < 4.78 is 5.57. The van der Waals surface area contributed by atoms with Crippen LogP contribution in [-0.2, 0) is 14.3 Å². The number of aliphatic imine (C=N–C) groups is 1. The lowest BCUT2D eigenvalue weighted by atomic mass is 9.97. The number of carbonyl (C=O) groups is 2. The average Bonchev–Trinajstić information content (AvgIpc) is 3.25. The SMILES string of the molecule is C=C1OC(=O)CN=C(c2ccccc2)c2ccccc2N2C[C@H]1N1CCC[C@@H]1C2=O. The molecule has 3 aliphatic rings. The maximum absolute atomic E-state index is 13.5. The molecule has 0 radical (unpaired) electrons. The summed E-state index contributed by atoms with van der Waals surface area (Å²) in [5.74, 6) is 0.0363. The zero-order chi connectivity index (χ0) is 20.7. The van der Waals surface area contributed by atoms with Gasteiger partial charge in [-0.05, 0) is 25.5 Å². The zero-order valence-electron chi connectivity index (χ0n) is 16.7. The van der Waals surface area contributed by atoms with Gasteiger partial charge in [-0.2, -0.15) is 0 Å². The Bertz CT molecular complexity index is 1050. The van der Waals surface area contributed by atoms with Crippen LogP contribution in [0, 0.1) is 0 Å². The van der Waals surface area contributed by atoms with Crippen molar-refractivity contribution in [1.29, 1.82) is 0 Å². The van der Waals surface area contributed by atoms with E-state index in [0.717, 1.165) is 36.2 Å². The second-order valence-electron chi connectivity index (χ2n) is 7.85. The van der Waals surface area contributed by atoms with Gasteiger partial charge in [0, 0.05) is 17.7 Å². The quantitative estimate of drug-likeness (QED) is 0.690. The number of benzene rings is 2. The third-order valence-corrected chi connectivity index (χ3v) is 6.08. The molecule has 3 heterocycles. The van der Waals surface area contributed by atoms with Gasteiger partial charge in [0.25, 0.3) is 0 Å². The van der Waals surface area contributed by atoms with Crippen molar-refractivity contribution in [2.45, 2.75) is 24.9 Å². The highest BCUT2D eigenvalue weighted by Crippen LogP contribution is 2.35. The molecule has 0 aromatic heterocycles. The third kappa shape index (κ3) is 3.13. The van der Waals surface area contributed by atoms with Crippen molar-refractivity contribution in [3.05, 3.63) is 78.1 Å².